The van der Waals surface area contributed by atoms with Gasteiger partial charge < -0.3 is 10.6 Å². The van der Waals surface area contributed by atoms with Gasteiger partial charge >= 0.3 is 0 Å². The topological polar surface area (TPSA) is 77.8 Å². The predicted octanol–water partition coefficient (Wildman–Crippen LogP) is 1.35. The fraction of sp³-hybridized carbons (Fsp3) is 0.267. The summed E-state index contributed by atoms with van der Waals surface area (Å²) in [5.74, 6) is -0.103. The number of carbonyl (C=O) groups is 1. The Morgan fingerprint density at radius 1 is 1.30 bits per heavy atom. The van der Waals surface area contributed by atoms with E-state index in [9.17, 15) is 4.79 Å². The second-order valence-corrected chi connectivity index (χ2v) is 4.35. The van der Waals surface area contributed by atoms with Gasteiger partial charge in [-0.05, 0) is 11.6 Å². The van der Waals surface area contributed by atoms with Gasteiger partial charge in [-0.15, -0.1) is 0 Å². The third-order valence-electron chi connectivity index (χ3n) is 2.88. The minimum Gasteiger partial charge on any atom is -0.354 e. The van der Waals surface area contributed by atoms with Crippen LogP contribution in [0, 0.1) is 11.3 Å². The summed E-state index contributed by atoms with van der Waals surface area (Å²) in [7, 11) is 0. The molecule has 0 unspecified atom stereocenters. The van der Waals surface area contributed by atoms with Crippen LogP contribution in [0.2, 0.25) is 0 Å². The van der Waals surface area contributed by atoms with Crippen molar-refractivity contribution in [2.24, 2.45) is 0 Å². The van der Waals surface area contributed by atoms with Crippen molar-refractivity contribution in [2.45, 2.75) is 13.0 Å². The van der Waals surface area contributed by atoms with Crippen LogP contribution in [0.5, 0.6) is 0 Å². The number of hydrogen-bond acceptors (Lipinski definition) is 4. The number of amides is 1. The van der Waals surface area contributed by atoms with Gasteiger partial charge in [-0.25, -0.2) is 0 Å². The molecular weight excluding hydrogens is 252 g/mol. The Kier molecular flexibility index (Phi) is 5.04. The van der Waals surface area contributed by atoms with Gasteiger partial charge in [0.2, 0.25) is 5.91 Å². The van der Waals surface area contributed by atoms with Crippen molar-refractivity contribution >= 4 is 16.8 Å². The quantitative estimate of drug-likeness (QED) is 0.775. The zero-order valence-electron chi connectivity index (χ0n) is 11.1. The lowest BCUT2D eigenvalue weighted by molar-refractivity contribution is -0.120. The third kappa shape index (κ3) is 3.77. The van der Waals surface area contributed by atoms with Crippen LogP contribution in [0.15, 0.2) is 36.5 Å². The van der Waals surface area contributed by atoms with E-state index in [1.807, 2.05) is 36.4 Å². The maximum atomic E-state index is 11.5. The van der Waals surface area contributed by atoms with Crippen molar-refractivity contribution in [2.75, 3.05) is 13.1 Å². The number of hydrogen-bond donors (Lipinski definition) is 2. The highest BCUT2D eigenvalue weighted by Gasteiger charge is 2.03. The minimum absolute atomic E-state index is 0.103. The van der Waals surface area contributed by atoms with E-state index in [2.05, 4.69) is 15.6 Å². The number of rotatable bonds is 6. The average molecular weight is 268 g/mol. The molecule has 0 atom stereocenters. The summed E-state index contributed by atoms with van der Waals surface area (Å²) in [6.45, 7) is 1.21. The van der Waals surface area contributed by atoms with E-state index in [0.29, 0.717) is 19.5 Å². The van der Waals surface area contributed by atoms with Gasteiger partial charge in [-0.3, -0.25) is 9.78 Å². The van der Waals surface area contributed by atoms with Gasteiger partial charge in [0.05, 0.1) is 24.6 Å². The van der Waals surface area contributed by atoms with Crippen LogP contribution in [0.25, 0.3) is 10.9 Å². The molecule has 0 aliphatic carbocycles. The lowest BCUT2D eigenvalue weighted by Gasteiger charge is -2.07. The van der Waals surface area contributed by atoms with Gasteiger partial charge in [0, 0.05) is 24.7 Å². The van der Waals surface area contributed by atoms with Crippen molar-refractivity contribution < 1.29 is 4.79 Å². The molecule has 2 aromatic rings. The van der Waals surface area contributed by atoms with E-state index in [1.54, 1.807) is 6.20 Å². The molecule has 20 heavy (non-hydrogen) atoms. The molecule has 0 aliphatic heterocycles. The van der Waals surface area contributed by atoms with Crippen molar-refractivity contribution in [3.05, 3.63) is 42.1 Å². The van der Waals surface area contributed by atoms with E-state index in [0.717, 1.165) is 16.5 Å². The maximum Gasteiger partial charge on any atom is 0.234 e. The molecule has 0 radical (unpaired) electrons. The maximum absolute atomic E-state index is 11.5. The molecule has 1 aromatic carbocycles. The predicted molar refractivity (Wildman–Crippen MR) is 76.7 cm³/mol. The summed E-state index contributed by atoms with van der Waals surface area (Å²) >= 11 is 0. The third-order valence-corrected chi connectivity index (χ3v) is 2.88. The number of nitriles is 1. The molecule has 2 rings (SSSR count). The van der Waals surface area contributed by atoms with Crippen LogP contribution in [0.1, 0.15) is 12.0 Å². The number of para-hydroxylation sites is 1. The number of carbonyl (C=O) groups excluding carboxylic acids is 1. The lowest BCUT2D eigenvalue weighted by Crippen LogP contribution is -2.34. The van der Waals surface area contributed by atoms with E-state index < -0.39 is 0 Å². The molecule has 1 heterocycles. The zero-order chi connectivity index (χ0) is 14.2. The molecule has 0 aliphatic rings. The molecule has 102 valence electrons. The number of nitrogens with zero attached hydrogens (tertiary/aromatic N) is 2. The smallest absolute Gasteiger partial charge is 0.234 e. The molecule has 1 amide bonds. The summed E-state index contributed by atoms with van der Waals surface area (Å²) in [6, 6.07) is 11.9. The largest absolute Gasteiger partial charge is 0.354 e. The second-order valence-electron chi connectivity index (χ2n) is 4.35. The highest BCUT2D eigenvalue weighted by molar-refractivity contribution is 5.81. The summed E-state index contributed by atoms with van der Waals surface area (Å²) < 4.78 is 0. The molecule has 0 spiro atoms. The summed E-state index contributed by atoms with van der Waals surface area (Å²) in [6.07, 6.45) is 2.10. The number of fused-ring (bicyclic) bond motifs is 1. The van der Waals surface area contributed by atoms with Gasteiger partial charge in [-0.1, -0.05) is 24.3 Å². The monoisotopic (exact) mass is 268 g/mol. The Morgan fingerprint density at radius 2 is 2.15 bits per heavy atom. The lowest BCUT2D eigenvalue weighted by atomic mass is 10.1. The molecule has 5 heteroatoms. The number of nitrogens with one attached hydrogen (secondary N) is 2. The number of aromatic nitrogens is 1. The number of benzene rings is 1. The Hall–Kier alpha value is -2.45. The Labute approximate surface area is 117 Å². The fourth-order valence-electron chi connectivity index (χ4n) is 1.94. The Morgan fingerprint density at radius 3 is 3.00 bits per heavy atom. The van der Waals surface area contributed by atoms with Crippen molar-refractivity contribution in [3.8, 4) is 6.07 Å². The summed E-state index contributed by atoms with van der Waals surface area (Å²) in [5.41, 5.74) is 2.01. The molecule has 1 aromatic heterocycles. The van der Waals surface area contributed by atoms with E-state index >= 15 is 0 Å². The molecule has 0 saturated heterocycles. The van der Waals surface area contributed by atoms with Gasteiger partial charge in [0.1, 0.15) is 0 Å². The first kappa shape index (κ1) is 14.0. The van der Waals surface area contributed by atoms with Crippen LogP contribution in [0.4, 0.5) is 0 Å². The summed E-state index contributed by atoms with van der Waals surface area (Å²) in [5, 5.41) is 15.2. The SMILES string of the molecule is N#CCCNC(=O)CNCc1cccc2cccnc12. The van der Waals surface area contributed by atoms with Crippen LogP contribution < -0.4 is 10.6 Å². The van der Waals surface area contributed by atoms with Crippen LogP contribution in [-0.4, -0.2) is 24.0 Å². The normalized spacial score (nSPS) is 10.2. The first-order chi connectivity index (χ1) is 9.81. The standard InChI is InChI=1S/C15H16N4O/c16-7-3-9-18-14(20)11-17-10-13-5-1-4-12-6-2-8-19-15(12)13/h1-2,4-6,8,17H,3,9-11H2,(H,18,20). The average Bonchev–Trinajstić information content (AvgIpc) is 2.48. The van der Waals surface area contributed by atoms with Gasteiger partial charge in [0.15, 0.2) is 0 Å². The van der Waals surface area contributed by atoms with Crippen LogP contribution >= 0.6 is 0 Å². The first-order valence-electron chi connectivity index (χ1n) is 6.48. The van der Waals surface area contributed by atoms with E-state index in [4.69, 9.17) is 5.26 Å². The highest BCUT2D eigenvalue weighted by Crippen LogP contribution is 2.15. The minimum atomic E-state index is -0.103. The van der Waals surface area contributed by atoms with E-state index in [-0.39, 0.29) is 12.5 Å². The summed E-state index contributed by atoms with van der Waals surface area (Å²) in [4.78, 5) is 15.8. The van der Waals surface area contributed by atoms with Crippen LogP contribution in [-0.2, 0) is 11.3 Å². The molecular formula is C15H16N4O. The molecule has 2 N–H and O–H groups in total. The van der Waals surface area contributed by atoms with Crippen molar-refractivity contribution in [3.63, 3.8) is 0 Å². The van der Waals surface area contributed by atoms with Gasteiger partial charge in [0.25, 0.3) is 0 Å². The number of pyridine rings is 1. The van der Waals surface area contributed by atoms with Crippen molar-refractivity contribution in [1.82, 2.24) is 15.6 Å². The first-order valence-corrected chi connectivity index (χ1v) is 6.48. The molecule has 0 bridgehead atoms. The molecule has 0 fully saturated rings. The highest BCUT2D eigenvalue weighted by atomic mass is 16.1. The fourth-order valence-corrected chi connectivity index (χ4v) is 1.94. The molecule has 5 nitrogen and oxygen atoms in total. The van der Waals surface area contributed by atoms with Crippen LogP contribution in [0.3, 0.4) is 0 Å². The van der Waals surface area contributed by atoms with E-state index in [1.165, 1.54) is 0 Å². The Bertz CT molecular complexity index is 628. The van der Waals surface area contributed by atoms with Gasteiger partial charge in [-0.2, -0.15) is 5.26 Å². The second kappa shape index (κ2) is 7.22. The van der Waals surface area contributed by atoms with Crippen molar-refractivity contribution in [1.29, 1.82) is 5.26 Å². The molecule has 0 saturated carbocycles. The Balaban J connectivity index is 1.87. The zero-order valence-corrected chi connectivity index (χ0v) is 11.1.